The Labute approximate surface area is 219 Å². The van der Waals surface area contributed by atoms with Crippen LogP contribution in [0.3, 0.4) is 0 Å². The molecule has 0 aromatic rings. The summed E-state index contributed by atoms with van der Waals surface area (Å²) >= 11 is 1.37. The fourth-order valence-corrected chi connectivity index (χ4v) is 6.19. The van der Waals surface area contributed by atoms with Gasteiger partial charge >= 0.3 is 18.2 Å². The van der Waals surface area contributed by atoms with Crippen LogP contribution in [0.2, 0.25) is 0 Å². The number of carbonyl (C=O) groups excluding carboxylic acids is 4. The first-order chi connectivity index (χ1) is 17.8. The van der Waals surface area contributed by atoms with Gasteiger partial charge in [0, 0.05) is 23.1 Å². The highest BCUT2D eigenvalue weighted by molar-refractivity contribution is 8.03. The first-order valence-electron chi connectivity index (χ1n) is 11.9. The van der Waals surface area contributed by atoms with E-state index in [1.807, 2.05) is 0 Å². The average molecular weight is 537 g/mol. The molecule has 2 saturated heterocycles. The zero-order chi connectivity index (χ0) is 27.1. The van der Waals surface area contributed by atoms with Gasteiger partial charge in [0.05, 0.1) is 24.6 Å². The van der Waals surface area contributed by atoms with Crippen LogP contribution in [0.15, 0.2) is 48.6 Å². The van der Waals surface area contributed by atoms with Gasteiger partial charge in [-0.1, -0.05) is 38.0 Å². The van der Waals surface area contributed by atoms with Crippen LogP contribution in [0.25, 0.3) is 0 Å². The summed E-state index contributed by atoms with van der Waals surface area (Å²) in [6, 6.07) is -0.832. The molecule has 0 spiro atoms. The van der Waals surface area contributed by atoms with Crippen LogP contribution in [0, 0.1) is 5.92 Å². The number of carbonyl (C=O) groups is 4. The van der Waals surface area contributed by atoms with E-state index in [0.29, 0.717) is 24.3 Å². The van der Waals surface area contributed by atoms with Gasteiger partial charge in [0.25, 0.3) is 0 Å². The van der Waals surface area contributed by atoms with Gasteiger partial charge in [-0.15, -0.1) is 11.8 Å². The van der Waals surface area contributed by atoms with E-state index in [9.17, 15) is 24.3 Å². The molecule has 0 aromatic heterocycles. The normalized spacial score (nSPS) is 25.1. The maximum absolute atomic E-state index is 13.1. The maximum atomic E-state index is 13.1. The summed E-state index contributed by atoms with van der Waals surface area (Å²) in [5.41, 5.74) is 0.146. The Kier molecular flexibility index (Phi) is 9.81. The summed E-state index contributed by atoms with van der Waals surface area (Å²) in [4.78, 5) is 53.8. The van der Waals surface area contributed by atoms with Gasteiger partial charge < -0.3 is 33.9 Å². The number of hydrogen-bond acceptors (Lipinski definition) is 10. The van der Waals surface area contributed by atoms with E-state index in [0.717, 1.165) is 0 Å². The van der Waals surface area contributed by atoms with Crippen LogP contribution in [0.1, 0.15) is 19.8 Å². The first kappa shape index (κ1) is 28.3. The van der Waals surface area contributed by atoms with Crippen molar-refractivity contribution in [3.63, 3.8) is 0 Å². The van der Waals surface area contributed by atoms with Crippen molar-refractivity contribution in [3.05, 3.63) is 48.6 Å². The zero-order valence-electron chi connectivity index (χ0n) is 20.7. The highest BCUT2D eigenvalue weighted by Gasteiger charge is 2.58. The Morgan fingerprint density at radius 1 is 1.11 bits per heavy atom. The average Bonchev–Trinajstić information content (AvgIpc) is 3.43. The molecule has 0 saturated carbocycles. The second kappa shape index (κ2) is 12.8. The van der Waals surface area contributed by atoms with Crippen molar-refractivity contribution in [1.82, 2.24) is 9.80 Å². The SMILES string of the molecule is C=CCOC(=O)O[C@H](C)[C@H]1C(=O)N2C(C(=O)OCC=C)=C(S[C@H]3C[C@@H](CO)N(C(=O)OCC=C)C3)C[C@H]12. The quantitative estimate of drug-likeness (QED) is 0.172. The molecule has 0 aliphatic carbocycles. The smallest absolute Gasteiger partial charge is 0.457 e. The van der Waals surface area contributed by atoms with E-state index in [-0.39, 0.29) is 43.3 Å². The maximum Gasteiger partial charge on any atom is 0.508 e. The number of β-lactam (4-membered cyclic amide) rings is 1. The van der Waals surface area contributed by atoms with Crippen LogP contribution in [0.5, 0.6) is 0 Å². The molecule has 2 amide bonds. The second-order valence-corrected chi connectivity index (χ2v) is 10.1. The molecule has 3 aliphatic rings. The standard InChI is InChI=1S/C25H32N2O9S/c1-5-8-33-23(30)21-19(37-17-11-16(14-28)26(13-17)24(31)34-9-6-2)12-18-20(22(29)27(18)21)15(4)36-25(32)35-10-7-3/h5-7,15-18,20,28H,1-3,8-14H2,4H3/t15-,16+,17+,18-,20-/m1/s1. The van der Waals surface area contributed by atoms with Crippen LogP contribution in [-0.2, 0) is 28.5 Å². The Balaban J connectivity index is 1.75. The number of amides is 2. The summed E-state index contributed by atoms with van der Waals surface area (Å²) in [5.74, 6) is -1.67. The fraction of sp³-hybridized carbons (Fsp3) is 0.520. The van der Waals surface area contributed by atoms with Crippen LogP contribution < -0.4 is 0 Å². The number of nitrogens with zero attached hydrogens (tertiary/aromatic N) is 2. The molecule has 0 unspecified atom stereocenters. The highest BCUT2D eigenvalue weighted by Crippen LogP contribution is 2.49. The number of thioether (sulfide) groups is 1. The summed E-state index contributed by atoms with van der Waals surface area (Å²) in [6.45, 7) is 12.2. The molecule has 0 radical (unpaired) electrons. The lowest BCUT2D eigenvalue weighted by molar-refractivity contribution is -0.162. The molecule has 12 heteroatoms. The Bertz CT molecular complexity index is 981. The molecule has 5 atom stereocenters. The van der Waals surface area contributed by atoms with Crippen molar-refractivity contribution < 1.29 is 43.2 Å². The van der Waals surface area contributed by atoms with E-state index < -0.39 is 42.3 Å². The van der Waals surface area contributed by atoms with E-state index >= 15 is 0 Å². The van der Waals surface area contributed by atoms with E-state index in [1.54, 1.807) is 6.92 Å². The number of rotatable bonds is 12. The lowest BCUT2D eigenvalue weighted by Crippen LogP contribution is -2.62. The number of fused-ring (bicyclic) bond motifs is 1. The Morgan fingerprint density at radius 2 is 1.76 bits per heavy atom. The first-order valence-corrected chi connectivity index (χ1v) is 12.8. The minimum absolute atomic E-state index is 0.0181. The highest BCUT2D eigenvalue weighted by atomic mass is 32.2. The number of likely N-dealkylation sites (tertiary alicyclic amines) is 1. The van der Waals surface area contributed by atoms with Crippen LogP contribution in [-0.4, -0.2) is 95.4 Å². The van der Waals surface area contributed by atoms with Gasteiger partial charge in [-0.05, 0) is 13.3 Å². The molecule has 2 fully saturated rings. The zero-order valence-corrected chi connectivity index (χ0v) is 21.5. The van der Waals surface area contributed by atoms with Gasteiger partial charge in [-0.2, -0.15) is 0 Å². The van der Waals surface area contributed by atoms with Crippen molar-refractivity contribution in [2.45, 2.75) is 43.2 Å². The molecule has 3 aliphatic heterocycles. The fourth-order valence-electron chi connectivity index (χ4n) is 4.67. The van der Waals surface area contributed by atoms with Crippen molar-refractivity contribution >= 4 is 35.9 Å². The molecule has 202 valence electrons. The molecule has 0 aromatic carbocycles. The number of esters is 1. The molecule has 11 nitrogen and oxygen atoms in total. The molecular weight excluding hydrogens is 504 g/mol. The predicted molar refractivity (Wildman–Crippen MR) is 134 cm³/mol. The summed E-state index contributed by atoms with van der Waals surface area (Å²) in [6.07, 6.45) is 2.88. The monoisotopic (exact) mass is 536 g/mol. The van der Waals surface area contributed by atoms with Gasteiger partial charge in [-0.25, -0.2) is 14.4 Å². The van der Waals surface area contributed by atoms with Crippen molar-refractivity contribution in [1.29, 1.82) is 0 Å². The summed E-state index contributed by atoms with van der Waals surface area (Å²) < 4.78 is 20.5. The van der Waals surface area contributed by atoms with Crippen LogP contribution in [0.4, 0.5) is 9.59 Å². The number of hydrogen-bond donors (Lipinski definition) is 1. The van der Waals surface area contributed by atoms with E-state index in [4.69, 9.17) is 18.9 Å². The molecule has 3 heterocycles. The van der Waals surface area contributed by atoms with Crippen molar-refractivity contribution in [3.8, 4) is 0 Å². The number of aliphatic hydroxyl groups excluding tert-OH is 1. The minimum Gasteiger partial charge on any atom is -0.457 e. The third-order valence-electron chi connectivity index (χ3n) is 6.26. The lowest BCUT2D eigenvalue weighted by Gasteiger charge is -2.45. The van der Waals surface area contributed by atoms with E-state index in [2.05, 4.69) is 19.7 Å². The predicted octanol–water partition coefficient (Wildman–Crippen LogP) is 2.38. The van der Waals surface area contributed by atoms with Crippen molar-refractivity contribution in [2.24, 2.45) is 5.92 Å². The largest absolute Gasteiger partial charge is 0.508 e. The topological polar surface area (TPSA) is 132 Å². The van der Waals surface area contributed by atoms with Gasteiger partial charge in [0.2, 0.25) is 5.91 Å². The van der Waals surface area contributed by atoms with Gasteiger partial charge in [0.15, 0.2) is 0 Å². The summed E-state index contributed by atoms with van der Waals surface area (Å²) in [5, 5.41) is 9.64. The molecule has 0 bridgehead atoms. The molecule has 37 heavy (non-hydrogen) atoms. The van der Waals surface area contributed by atoms with Crippen molar-refractivity contribution in [2.75, 3.05) is 33.0 Å². The second-order valence-electron chi connectivity index (χ2n) is 8.67. The number of aliphatic hydroxyl groups is 1. The van der Waals surface area contributed by atoms with E-state index in [1.165, 1.54) is 39.8 Å². The molecule has 1 N–H and O–H groups in total. The molecular formula is C25H32N2O9S. The third-order valence-corrected chi connectivity index (χ3v) is 7.58. The Morgan fingerprint density at radius 3 is 2.41 bits per heavy atom. The third kappa shape index (κ3) is 6.19. The van der Waals surface area contributed by atoms with Crippen LogP contribution >= 0.6 is 11.8 Å². The summed E-state index contributed by atoms with van der Waals surface area (Å²) in [7, 11) is 0. The molecule has 3 rings (SSSR count). The van der Waals surface area contributed by atoms with Gasteiger partial charge in [0.1, 0.15) is 31.6 Å². The number of ether oxygens (including phenoxy) is 4. The van der Waals surface area contributed by atoms with Gasteiger partial charge in [-0.3, -0.25) is 4.79 Å². The Hall–Kier alpha value is -3.25. The minimum atomic E-state index is -0.908. The lowest BCUT2D eigenvalue weighted by atomic mass is 9.83.